The molecule has 2 aromatic carbocycles. The quantitative estimate of drug-likeness (QED) is 0.576. The zero-order valence-electron chi connectivity index (χ0n) is 12.7. The second kappa shape index (κ2) is 7.88. The maximum absolute atomic E-state index is 12.0. The fraction of sp³-hybridized carbons (Fsp3) is 0.235. The van der Waals surface area contributed by atoms with E-state index in [4.69, 9.17) is 14.2 Å². The molecule has 1 unspecified atom stereocenters. The summed E-state index contributed by atoms with van der Waals surface area (Å²) in [7, 11) is -3.81. The lowest BCUT2D eigenvalue weighted by Crippen LogP contribution is -2.13. The van der Waals surface area contributed by atoms with Crippen molar-refractivity contribution in [2.75, 3.05) is 13.2 Å². The minimum atomic E-state index is -3.81. The van der Waals surface area contributed by atoms with Crippen LogP contribution >= 0.6 is 0 Å². The molecule has 0 saturated carbocycles. The summed E-state index contributed by atoms with van der Waals surface area (Å²) >= 11 is 0. The van der Waals surface area contributed by atoms with E-state index in [0.29, 0.717) is 0 Å². The molecule has 23 heavy (non-hydrogen) atoms. The molecule has 0 heterocycles. The zero-order valence-corrected chi connectivity index (χ0v) is 13.5. The van der Waals surface area contributed by atoms with E-state index in [-0.39, 0.29) is 18.1 Å². The van der Waals surface area contributed by atoms with Crippen LogP contribution in [-0.2, 0) is 19.0 Å². The van der Waals surface area contributed by atoms with E-state index < -0.39 is 16.2 Å². The van der Waals surface area contributed by atoms with Crippen molar-refractivity contribution in [2.45, 2.75) is 17.9 Å². The molecule has 0 radical (unpaired) electrons. The van der Waals surface area contributed by atoms with Crippen LogP contribution < -0.4 is 0 Å². The van der Waals surface area contributed by atoms with E-state index in [0.717, 1.165) is 11.1 Å². The van der Waals surface area contributed by atoms with Crippen molar-refractivity contribution in [2.24, 2.45) is 0 Å². The molecule has 5 nitrogen and oxygen atoms in total. The van der Waals surface area contributed by atoms with Gasteiger partial charge in [-0.1, -0.05) is 48.0 Å². The molecule has 2 rings (SSSR count). The molecule has 0 aliphatic carbocycles. The summed E-state index contributed by atoms with van der Waals surface area (Å²) in [5.74, 6) is 0. The highest BCUT2D eigenvalue weighted by atomic mass is 32.2. The molecule has 0 bridgehead atoms. The number of rotatable bonds is 7. The minimum Gasteiger partial charge on any atom is -0.356 e. The van der Waals surface area contributed by atoms with E-state index in [1.54, 1.807) is 36.4 Å². The highest BCUT2D eigenvalue weighted by Gasteiger charge is 2.16. The summed E-state index contributed by atoms with van der Waals surface area (Å²) in [5, 5.41) is 9.11. The van der Waals surface area contributed by atoms with Gasteiger partial charge in [0, 0.05) is 0 Å². The van der Waals surface area contributed by atoms with Gasteiger partial charge in [0.1, 0.15) is 0 Å². The summed E-state index contributed by atoms with van der Waals surface area (Å²) in [4.78, 5) is 0.1000. The maximum Gasteiger partial charge on any atom is 0.297 e. The van der Waals surface area contributed by atoms with Gasteiger partial charge in [-0.3, -0.25) is 4.18 Å². The van der Waals surface area contributed by atoms with Crippen LogP contribution in [0.3, 0.4) is 0 Å². The van der Waals surface area contributed by atoms with Crippen molar-refractivity contribution >= 4 is 10.1 Å². The number of nitriles is 1. The average Bonchev–Trinajstić information content (AvgIpc) is 2.56. The van der Waals surface area contributed by atoms with E-state index >= 15 is 0 Å². The Labute approximate surface area is 136 Å². The smallest absolute Gasteiger partial charge is 0.297 e. The Hall–Kier alpha value is -2.20. The Kier molecular flexibility index (Phi) is 5.88. The molecule has 0 aromatic heterocycles. The first-order valence-corrected chi connectivity index (χ1v) is 8.46. The minimum absolute atomic E-state index is 0.00177. The molecule has 2 aromatic rings. The number of hydrogen-bond acceptors (Lipinski definition) is 5. The number of hydrogen-bond donors (Lipinski definition) is 0. The SMILES string of the molecule is Cc1ccc(S(=O)(=O)OCCOC(C#N)c2ccccc2)cc1. The molecule has 0 saturated heterocycles. The lowest BCUT2D eigenvalue weighted by atomic mass is 10.1. The van der Waals surface area contributed by atoms with Gasteiger partial charge in [-0.25, -0.2) is 0 Å². The highest BCUT2D eigenvalue weighted by Crippen LogP contribution is 2.16. The van der Waals surface area contributed by atoms with Gasteiger partial charge >= 0.3 is 0 Å². The van der Waals surface area contributed by atoms with Gasteiger partial charge in [0.25, 0.3) is 10.1 Å². The third-order valence-corrected chi connectivity index (χ3v) is 4.46. The van der Waals surface area contributed by atoms with Crippen LogP contribution in [0.4, 0.5) is 0 Å². The summed E-state index contributed by atoms with van der Waals surface area (Å²) in [5.41, 5.74) is 1.68. The lowest BCUT2D eigenvalue weighted by Gasteiger charge is -2.11. The van der Waals surface area contributed by atoms with E-state index in [9.17, 15) is 8.42 Å². The highest BCUT2D eigenvalue weighted by molar-refractivity contribution is 7.86. The predicted molar refractivity (Wildman–Crippen MR) is 85.1 cm³/mol. The number of benzene rings is 2. The van der Waals surface area contributed by atoms with Gasteiger partial charge in [-0.15, -0.1) is 0 Å². The molecule has 120 valence electrons. The molecule has 0 spiro atoms. The number of ether oxygens (including phenoxy) is 1. The largest absolute Gasteiger partial charge is 0.356 e. The molecular weight excluding hydrogens is 314 g/mol. The molecule has 1 atom stereocenters. The van der Waals surface area contributed by atoms with Gasteiger partial charge in [-0.05, 0) is 24.6 Å². The van der Waals surface area contributed by atoms with Gasteiger partial charge < -0.3 is 4.74 Å². The fourth-order valence-corrected chi connectivity index (χ4v) is 2.81. The average molecular weight is 331 g/mol. The molecule has 0 aliphatic heterocycles. The fourth-order valence-electron chi connectivity index (χ4n) is 1.92. The van der Waals surface area contributed by atoms with Crippen molar-refractivity contribution in [1.29, 1.82) is 5.26 Å². The third-order valence-electron chi connectivity index (χ3n) is 3.14. The van der Waals surface area contributed by atoms with Gasteiger partial charge in [0.15, 0.2) is 6.10 Å². The Morgan fingerprint density at radius 1 is 1.04 bits per heavy atom. The van der Waals surface area contributed by atoms with Crippen LogP contribution in [0.1, 0.15) is 17.2 Å². The topological polar surface area (TPSA) is 76.4 Å². The van der Waals surface area contributed by atoms with Crippen LogP contribution in [0.5, 0.6) is 0 Å². The Morgan fingerprint density at radius 3 is 2.30 bits per heavy atom. The van der Waals surface area contributed by atoms with Crippen molar-refractivity contribution < 1.29 is 17.3 Å². The Balaban J connectivity index is 1.87. The van der Waals surface area contributed by atoms with Gasteiger partial charge in [0.05, 0.1) is 24.2 Å². The van der Waals surface area contributed by atoms with E-state index in [1.807, 2.05) is 19.1 Å². The summed E-state index contributed by atoms with van der Waals surface area (Å²) in [6, 6.07) is 17.4. The van der Waals surface area contributed by atoms with Crippen LogP contribution in [0.2, 0.25) is 0 Å². The monoisotopic (exact) mass is 331 g/mol. The van der Waals surface area contributed by atoms with Crippen LogP contribution in [-0.4, -0.2) is 21.6 Å². The summed E-state index contributed by atoms with van der Waals surface area (Å²) < 4.78 is 34.3. The molecule has 0 fully saturated rings. The van der Waals surface area contributed by atoms with Crippen LogP contribution in [0.15, 0.2) is 59.5 Å². The molecule has 0 aliphatic rings. The van der Waals surface area contributed by atoms with Gasteiger partial charge in [-0.2, -0.15) is 13.7 Å². The van der Waals surface area contributed by atoms with Crippen molar-refractivity contribution in [3.05, 3.63) is 65.7 Å². The molecule has 6 heteroatoms. The molecule has 0 amide bonds. The standard InChI is InChI=1S/C17H17NO4S/c1-14-7-9-16(10-8-14)23(19,20)22-12-11-21-17(13-18)15-5-3-2-4-6-15/h2-10,17H,11-12H2,1H3. The van der Waals surface area contributed by atoms with E-state index in [1.165, 1.54) is 12.1 Å². The first-order valence-electron chi connectivity index (χ1n) is 7.05. The Bertz CT molecular complexity index is 764. The van der Waals surface area contributed by atoms with Crippen LogP contribution in [0.25, 0.3) is 0 Å². The first kappa shape index (κ1) is 17.2. The van der Waals surface area contributed by atoms with Crippen molar-refractivity contribution in [3.63, 3.8) is 0 Å². The third kappa shape index (κ3) is 4.89. The van der Waals surface area contributed by atoms with Gasteiger partial charge in [0.2, 0.25) is 0 Å². The predicted octanol–water partition coefficient (Wildman–Crippen LogP) is 2.98. The summed E-state index contributed by atoms with van der Waals surface area (Å²) in [6.45, 7) is 1.72. The second-order valence-corrected chi connectivity index (χ2v) is 6.50. The Morgan fingerprint density at radius 2 is 1.70 bits per heavy atom. The number of aryl methyl sites for hydroxylation is 1. The van der Waals surface area contributed by atoms with Crippen molar-refractivity contribution in [3.8, 4) is 6.07 Å². The second-order valence-electron chi connectivity index (χ2n) is 4.88. The molecule has 0 N–H and O–H groups in total. The summed E-state index contributed by atoms with van der Waals surface area (Å²) in [6.07, 6.45) is -0.748. The lowest BCUT2D eigenvalue weighted by molar-refractivity contribution is 0.0659. The normalized spacial score (nSPS) is 12.5. The zero-order chi connectivity index (χ0) is 16.7. The first-order chi connectivity index (χ1) is 11.0. The van der Waals surface area contributed by atoms with E-state index in [2.05, 4.69) is 0 Å². The molecular formula is C17H17NO4S. The van der Waals surface area contributed by atoms with Crippen molar-refractivity contribution in [1.82, 2.24) is 0 Å². The van der Waals surface area contributed by atoms with Crippen LogP contribution in [0, 0.1) is 18.3 Å². The maximum atomic E-state index is 12.0. The number of nitrogens with zero attached hydrogens (tertiary/aromatic N) is 1.